The maximum Gasteiger partial charge on any atom is 0.124 e. The van der Waals surface area contributed by atoms with Crippen LogP contribution in [0.15, 0.2) is 18.2 Å². The van der Waals surface area contributed by atoms with E-state index in [1.54, 1.807) is 7.11 Å². The van der Waals surface area contributed by atoms with E-state index in [4.69, 9.17) is 9.47 Å². The molecule has 0 saturated heterocycles. The fourth-order valence-electron chi connectivity index (χ4n) is 2.98. The molecule has 18 heavy (non-hydrogen) atoms. The van der Waals surface area contributed by atoms with Crippen LogP contribution in [0.25, 0.3) is 0 Å². The summed E-state index contributed by atoms with van der Waals surface area (Å²) in [6.07, 6.45) is 5.47. The van der Waals surface area contributed by atoms with E-state index in [0.717, 1.165) is 23.8 Å². The summed E-state index contributed by atoms with van der Waals surface area (Å²) in [5, 5.41) is 3.41. The Morgan fingerprint density at radius 3 is 2.78 bits per heavy atom. The van der Waals surface area contributed by atoms with E-state index in [1.165, 1.54) is 24.8 Å². The smallest absolute Gasteiger partial charge is 0.124 e. The zero-order valence-electron chi connectivity index (χ0n) is 11.1. The third-order valence-corrected chi connectivity index (χ3v) is 4.36. The molecule has 2 unspecified atom stereocenters. The van der Waals surface area contributed by atoms with Crippen LogP contribution < -0.4 is 14.8 Å². The van der Waals surface area contributed by atoms with Crippen molar-refractivity contribution in [3.05, 3.63) is 23.8 Å². The minimum absolute atomic E-state index is 0.384. The van der Waals surface area contributed by atoms with Gasteiger partial charge in [-0.1, -0.05) is 6.42 Å². The van der Waals surface area contributed by atoms with Gasteiger partial charge in [-0.3, -0.25) is 0 Å². The molecule has 0 aromatic heterocycles. The zero-order chi connectivity index (χ0) is 12.5. The Kier molecular flexibility index (Phi) is 3.16. The van der Waals surface area contributed by atoms with Crippen molar-refractivity contribution in [2.45, 2.75) is 37.8 Å². The third kappa shape index (κ3) is 1.97. The number of ether oxygens (including phenoxy) is 2. The van der Waals surface area contributed by atoms with Gasteiger partial charge < -0.3 is 14.8 Å². The molecule has 1 heterocycles. The molecular formula is C15H21NO2. The number of benzene rings is 1. The van der Waals surface area contributed by atoms with E-state index in [2.05, 4.69) is 11.4 Å². The lowest BCUT2D eigenvalue weighted by Crippen LogP contribution is -2.39. The Morgan fingerprint density at radius 2 is 2.17 bits per heavy atom. The number of nitrogens with one attached hydrogen (secondary N) is 1. The molecule has 1 N–H and O–H groups in total. The lowest BCUT2D eigenvalue weighted by atomic mass is 9.77. The maximum absolute atomic E-state index is 6.17. The SMILES string of the molecule is CNC1CC(C2CCC2)Oc2ccc(OC)cc21. The van der Waals surface area contributed by atoms with Crippen molar-refractivity contribution >= 4 is 0 Å². The summed E-state index contributed by atoms with van der Waals surface area (Å²) in [7, 11) is 3.73. The molecule has 1 aromatic carbocycles. The summed E-state index contributed by atoms with van der Waals surface area (Å²) in [6.45, 7) is 0. The summed E-state index contributed by atoms with van der Waals surface area (Å²) in [4.78, 5) is 0. The van der Waals surface area contributed by atoms with E-state index in [1.807, 2.05) is 19.2 Å². The lowest BCUT2D eigenvalue weighted by molar-refractivity contribution is 0.0540. The highest BCUT2D eigenvalue weighted by molar-refractivity contribution is 5.43. The quantitative estimate of drug-likeness (QED) is 0.891. The van der Waals surface area contributed by atoms with Gasteiger partial charge in [-0.05, 0) is 44.0 Å². The maximum atomic E-state index is 6.17. The predicted molar refractivity (Wildman–Crippen MR) is 71.2 cm³/mol. The number of rotatable bonds is 3. The fourth-order valence-corrected chi connectivity index (χ4v) is 2.98. The Hall–Kier alpha value is -1.22. The molecule has 1 saturated carbocycles. The standard InChI is InChI=1S/C15H21NO2/c1-16-13-9-15(10-4-3-5-10)18-14-7-6-11(17-2)8-12(13)14/h6-8,10,13,15-16H,3-5,9H2,1-2H3. The number of hydrogen-bond donors (Lipinski definition) is 1. The second kappa shape index (κ2) is 4.81. The molecule has 0 radical (unpaired) electrons. The van der Waals surface area contributed by atoms with Gasteiger partial charge in [-0.2, -0.15) is 0 Å². The van der Waals surface area contributed by atoms with Crippen LogP contribution in [0.4, 0.5) is 0 Å². The molecule has 3 heteroatoms. The Bertz CT molecular complexity index is 429. The van der Waals surface area contributed by atoms with Gasteiger partial charge >= 0.3 is 0 Å². The van der Waals surface area contributed by atoms with Crippen LogP contribution in [0, 0.1) is 5.92 Å². The van der Waals surface area contributed by atoms with Crippen LogP contribution in [-0.2, 0) is 0 Å². The first-order chi connectivity index (χ1) is 8.81. The Labute approximate surface area is 108 Å². The first-order valence-electron chi connectivity index (χ1n) is 6.83. The highest BCUT2D eigenvalue weighted by Crippen LogP contribution is 2.42. The minimum Gasteiger partial charge on any atom is -0.497 e. The second-order valence-corrected chi connectivity index (χ2v) is 5.33. The van der Waals surface area contributed by atoms with Crippen LogP contribution in [0.2, 0.25) is 0 Å². The highest BCUT2D eigenvalue weighted by Gasteiger charge is 2.35. The van der Waals surface area contributed by atoms with E-state index < -0.39 is 0 Å². The van der Waals surface area contributed by atoms with Gasteiger partial charge in [0.25, 0.3) is 0 Å². The number of methoxy groups -OCH3 is 1. The minimum atomic E-state index is 0.384. The summed E-state index contributed by atoms with van der Waals surface area (Å²) >= 11 is 0. The monoisotopic (exact) mass is 247 g/mol. The molecule has 3 nitrogen and oxygen atoms in total. The summed E-state index contributed by atoms with van der Waals surface area (Å²) in [5.74, 6) is 2.69. The topological polar surface area (TPSA) is 30.5 Å². The molecule has 3 rings (SSSR count). The van der Waals surface area contributed by atoms with Crippen molar-refractivity contribution in [3.8, 4) is 11.5 Å². The molecule has 98 valence electrons. The Morgan fingerprint density at radius 1 is 1.33 bits per heavy atom. The van der Waals surface area contributed by atoms with E-state index in [-0.39, 0.29) is 0 Å². The van der Waals surface area contributed by atoms with Crippen LogP contribution in [-0.4, -0.2) is 20.3 Å². The molecule has 2 aliphatic rings. The van der Waals surface area contributed by atoms with Crippen LogP contribution in [0.1, 0.15) is 37.3 Å². The van der Waals surface area contributed by atoms with Crippen LogP contribution in [0.3, 0.4) is 0 Å². The second-order valence-electron chi connectivity index (χ2n) is 5.33. The van der Waals surface area contributed by atoms with Gasteiger partial charge in [0.15, 0.2) is 0 Å². The average Bonchev–Trinajstić information content (AvgIpc) is 2.35. The molecule has 0 bridgehead atoms. The average molecular weight is 247 g/mol. The molecule has 0 amide bonds. The van der Waals surface area contributed by atoms with Gasteiger partial charge in [-0.15, -0.1) is 0 Å². The Balaban J connectivity index is 1.87. The van der Waals surface area contributed by atoms with Gasteiger partial charge in [0, 0.05) is 18.0 Å². The molecule has 1 aliphatic carbocycles. The number of fused-ring (bicyclic) bond motifs is 1. The van der Waals surface area contributed by atoms with Crippen molar-refractivity contribution in [3.63, 3.8) is 0 Å². The first-order valence-corrected chi connectivity index (χ1v) is 6.83. The predicted octanol–water partition coefficient (Wildman–Crippen LogP) is 2.91. The van der Waals surface area contributed by atoms with Crippen molar-refractivity contribution in [2.24, 2.45) is 5.92 Å². The van der Waals surface area contributed by atoms with E-state index >= 15 is 0 Å². The first kappa shape index (κ1) is 11.8. The van der Waals surface area contributed by atoms with Gasteiger partial charge in [0.1, 0.15) is 17.6 Å². The van der Waals surface area contributed by atoms with Crippen LogP contribution >= 0.6 is 0 Å². The molecule has 0 spiro atoms. The molecule has 1 fully saturated rings. The van der Waals surface area contributed by atoms with E-state index in [9.17, 15) is 0 Å². The molecule has 1 aromatic rings. The van der Waals surface area contributed by atoms with Crippen molar-refractivity contribution in [1.82, 2.24) is 5.32 Å². The van der Waals surface area contributed by atoms with Gasteiger partial charge in [0.05, 0.1) is 7.11 Å². The summed E-state index contributed by atoms with van der Waals surface area (Å²) < 4.78 is 11.5. The number of hydrogen-bond acceptors (Lipinski definition) is 3. The normalized spacial score (nSPS) is 27.0. The van der Waals surface area contributed by atoms with Crippen molar-refractivity contribution in [2.75, 3.05) is 14.2 Å². The highest BCUT2D eigenvalue weighted by atomic mass is 16.5. The fraction of sp³-hybridized carbons (Fsp3) is 0.600. The van der Waals surface area contributed by atoms with E-state index in [0.29, 0.717) is 12.1 Å². The largest absolute Gasteiger partial charge is 0.497 e. The zero-order valence-corrected chi connectivity index (χ0v) is 11.1. The molecule has 2 atom stereocenters. The summed E-state index contributed by atoms with van der Waals surface area (Å²) in [6, 6.07) is 6.50. The third-order valence-electron chi connectivity index (χ3n) is 4.36. The molecular weight excluding hydrogens is 226 g/mol. The van der Waals surface area contributed by atoms with Gasteiger partial charge in [0.2, 0.25) is 0 Å². The van der Waals surface area contributed by atoms with Crippen molar-refractivity contribution < 1.29 is 9.47 Å². The van der Waals surface area contributed by atoms with Crippen LogP contribution in [0.5, 0.6) is 11.5 Å². The summed E-state index contributed by atoms with van der Waals surface area (Å²) in [5.41, 5.74) is 1.23. The molecule has 1 aliphatic heterocycles. The van der Waals surface area contributed by atoms with Crippen molar-refractivity contribution in [1.29, 1.82) is 0 Å². The lowest BCUT2D eigenvalue weighted by Gasteiger charge is -2.40. The van der Waals surface area contributed by atoms with Gasteiger partial charge in [-0.25, -0.2) is 0 Å².